The van der Waals surface area contributed by atoms with Gasteiger partial charge in [0, 0.05) is 25.1 Å². The summed E-state index contributed by atoms with van der Waals surface area (Å²) in [5.74, 6) is 0.233. The number of thioether (sulfide) groups is 1. The highest BCUT2D eigenvalue weighted by Gasteiger charge is 2.17. The number of hydrogen-bond acceptors (Lipinski definition) is 6. The molecule has 8 heteroatoms. The monoisotopic (exact) mass is 371 g/mol. The van der Waals surface area contributed by atoms with E-state index in [9.17, 15) is 4.79 Å². The Morgan fingerprint density at radius 1 is 1.38 bits per heavy atom. The normalized spacial score (nSPS) is 17.2. The topological polar surface area (TPSA) is 81.9 Å². The molecule has 26 heavy (non-hydrogen) atoms. The Morgan fingerprint density at radius 3 is 3.08 bits per heavy atom. The molecule has 7 nitrogen and oxygen atoms in total. The Morgan fingerprint density at radius 2 is 2.27 bits per heavy atom. The Labute approximate surface area is 155 Å². The lowest BCUT2D eigenvalue weighted by Gasteiger charge is -2.10. The molecule has 1 aliphatic rings. The molecule has 1 N–H and O–H groups in total. The van der Waals surface area contributed by atoms with Gasteiger partial charge < -0.3 is 14.6 Å². The summed E-state index contributed by atoms with van der Waals surface area (Å²) in [5, 5.41) is 13.0. The molecule has 1 aliphatic heterocycles. The molecule has 1 amide bonds. The molecule has 136 valence electrons. The van der Waals surface area contributed by atoms with E-state index in [-0.39, 0.29) is 17.8 Å². The predicted molar refractivity (Wildman–Crippen MR) is 101 cm³/mol. The summed E-state index contributed by atoms with van der Waals surface area (Å²) >= 11 is 1.30. The second-order valence-electron chi connectivity index (χ2n) is 6.26. The van der Waals surface area contributed by atoms with Crippen LogP contribution in [0, 0.1) is 0 Å². The van der Waals surface area contributed by atoms with Crippen LogP contribution in [0.2, 0.25) is 0 Å². The molecule has 0 aliphatic carbocycles. The number of para-hydroxylation sites is 1. The first-order chi connectivity index (χ1) is 12.8. The van der Waals surface area contributed by atoms with Gasteiger partial charge in [-0.3, -0.25) is 4.79 Å². The summed E-state index contributed by atoms with van der Waals surface area (Å²) in [6.07, 6.45) is 2.23. The molecule has 1 fully saturated rings. The zero-order chi connectivity index (χ0) is 17.9. The van der Waals surface area contributed by atoms with Crippen LogP contribution in [0.4, 0.5) is 0 Å². The van der Waals surface area contributed by atoms with Gasteiger partial charge in [0.15, 0.2) is 5.65 Å². The minimum atomic E-state index is -0.0368. The quantitative estimate of drug-likeness (QED) is 0.670. The van der Waals surface area contributed by atoms with Gasteiger partial charge in [0.05, 0.1) is 17.4 Å². The van der Waals surface area contributed by atoms with Gasteiger partial charge in [0.25, 0.3) is 0 Å². The van der Waals surface area contributed by atoms with Crippen molar-refractivity contribution in [1.82, 2.24) is 25.1 Å². The van der Waals surface area contributed by atoms with Crippen molar-refractivity contribution in [2.24, 2.45) is 0 Å². The molecule has 4 rings (SSSR count). The van der Waals surface area contributed by atoms with Gasteiger partial charge in [-0.05, 0) is 25.8 Å². The fraction of sp³-hybridized carbons (Fsp3) is 0.444. The Hall–Kier alpha value is -2.19. The van der Waals surface area contributed by atoms with Gasteiger partial charge in [-0.15, -0.1) is 10.2 Å². The molecule has 1 saturated heterocycles. The van der Waals surface area contributed by atoms with Crippen molar-refractivity contribution in [2.75, 3.05) is 18.9 Å². The van der Waals surface area contributed by atoms with E-state index < -0.39 is 0 Å². The lowest BCUT2D eigenvalue weighted by molar-refractivity contribution is -0.119. The third-order valence-electron chi connectivity index (χ3n) is 4.55. The third kappa shape index (κ3) is 3.39. The minimum absolute atomic E-state index is 0.0368. The molecular weight excluding hydrogens is 350 g/mol. The molecule has 0 radical (unpaired) electrons. The molecule has 2 aromatic heterocycles. The molecule has 1 atom stereocenters. The number of carbonyl (C=O) groups is 1. The third-order valence-corrected chi connectivity index (χ3v) is 5.39. The molecule has 3 heterocycles. The largest absolute Gasteiger partial charge is 0.376 e. The predicted octanol–water partition coefficient (Wildman–Crippen LogP) is 2.39. The summed E-state index contributed by atoms with van der Waals surface area (Å²) in [7, 11) is 0. The van der Waals surface area contributed by atoms with E-state index in [1.54, 1.807) is 0 Å². The highest BCUT2D eigenvalue weighted by molar-refractivity contribution is 7.99. The highest BCUT2D eigenvalue weighted by atomic mass is 32.2. The number of nitrogens with one attached hydrogen (secondary N) is 1. The van der Waals surface area contributed by atoms with E-state index in [4.69, 9.17) is 4.74 Å². The number of ether oxygens (including phenoxy) is 1. The van der Waals surface area contributed by atoms with Crippen molar-refractivity contribution in [3.05, 3.63) is 24.3 Å². The van der Waals surface area contributed by atoms with Crippen molar-refractivity contribution in [3.63, 3.8) is 0 Å². The Balaban J connectivity index is 1.47. The molecule has 1 unspecified atom stereocenters. The van der Waals surface area contributed by atoms with Crippen LogP contribution in [-0.2, 0) is 16.1 Å². The molecule has 1 aromatic carbocycles. The number of nitrogens with zero attached hydrogens (tertiary/aromatic N) is 4. The van der Waals surface area contributed by atoms with Crippen LogP contribution in [-0.4, -0.2) is 50.7 Å². The number of fused-ring (bicyclic) bond motifs is 3. The van der Waals surface area contributed by atoms with Crippen molar-refractivity contribution in [3.8, 4) is 0 Å². The maximum Gasteiger partial charge on any atom is 0.230 e. The molecule has 3 aromatic rings. The van der Waals surface area contributed by atoms with Crippen LogP contribution in [0.5, 0.6) is 0 Å². The number of aryl methyl sites for hydroxylation is 1. The number of aromatic nitrogens is 4. The smallest absolute Gasteiger partial charge is 0.230 e. The number of amides is 1. The van der Waals surface area contributed by atoms with Crippen molar-refractivity contribution in [2.45, 2.75) is 37.6 Å². The molecule has 0 bridgehead atoms. The van der Waals surface area contributed by atoms with Crippen molar-refractivity contribution in [1.29, 1.82) is 0 Å². The fourth-order valence-electron chi connectivity index (χ4n) is 3.28. The fourth-order valence-corrected chi connectivity index (χ4v) is 3.90. The standard InChI is InChI=1S/C18H21N5O2S/c1-2-23-14-8-4-3-7-13(14)16-17(23)20-18(22-21-16)26-11-15(24)19-10-12-6-5-9-25-12/h3-4,7-8,12H,2,5-6,9-11H2,1H3,(H,19,24). The summed E-state index contributed by atoms with van der Waals surface area (Å²) in [5.41, 5.74) is 2.71. The number of hydrogen-bond donors (Lipinski definition) is 1. The average molecular weight is 371 g/mol. The van der Waals surface area contributed by atoms with Crippen LogP contribution < -0.4 is 5.32 Å². The molecule has 0 spiro atoms. The maximum absolute atomic E-state index is 12.0. The Kier molecular flexibility index (Phi) is 5.03. The lowest BCUT2D eigenvalue weighted by Crippen LogP contribution is -2.32. The van der Waals surface area contributed by atoms with Gasteiger partial charge in [0.2, 0.25) is 11.1 Å². The summed E-state index contributed by atoms with van der Waals surface area (Å²) in [4.78, 5) is 16.7. The van der Waals surface area contributed by atoms with Crippen LogP contribution >= 0.6 is 11.8 Å². The van der Waals surface area contributed by atoms with E-state index in [0.717, 1.165) is 48.1 Å². The number of rotatable bonds is 6. The van der Waals surface area contributed by atoms with Gasteiger partial charge in [0.1, 0.15) is 5.52 Å². The first-order valence-electron chi connectivity index (χ1n) is 8.89. The number of carbonyl (C=O) groups excluding carboxylic acids is 1. The lowest BCUT2D eigenvalue weighted by atomic mass is 10.2. The van der Waals surface area contributed by atoms with Crippen LogP contribution in [0.3, 0.4) is 0 Å². The van der Waals surface area contributed by atoms with E-state index in [1.807, 2.05) is 18.2 Å². The van der Waals surface area contributed by atoms with E-state index >= 15 is 0 Å². The van der Waals surface area contributed by atoms with Crippen molar-refractivity contribution >= 4 is 39.7 Å². The van der Waals surface area contributed by atoms with Gasteiger partial charge in [-0.2, -0.15) is 0 Å². The van der Waals surface area contributed by atoms with Gasteiger partial charge >= 0.3 is 0 Å². The summed E-state index contributed by atoms with van der Waals surface area (Å²) in [6, 6.07) is 8.10. The second kappa shape index (κ2) is 7.59. The van der Waals surface area contributed by atoms with Crippen molar-refractivity contribution < 1.29 is 9.53 Å². The summed E-state index contributed by atoms with van der Waals surface area (Å²) in [6.45, 7) is 4.25. The second-order valence-corrected chi connectivity index (χ2v) is 7.20. The molecular formula is C18H21N5O2S. The van der Waals surface area contributed by atoms with Gasteiger partial charge in [-0.25, -0.2) is 4.98 Å². The number of benzene rings is 1. The average Bonchev–Trinajstić information content (AvgIpc) is 3.30. The van der Waals surface area contributed by atoms with Gasteiger partial charge in [-0.1, -0.05) is 30.0 Å². The zero-order valence-electron chi connectivity index (χ0n) is 14.6. The first-order valence-corrected chi connectivity index (χ1v) is 9.87. The first kappa shape index (κ1) is 17.2. The molecule has 0 saturated carbocycles. The van der Waals surface area contributed by atoms with Crippen LogP contribution in [0.1, 0.15) is 19.8 Å². The van der Waals surface area contributed by atoms with E-state index in [1.165, 1.54) is 11.8 Å². The van der Waals surface area contributed by atoms with Crippen LogP contribution in [0.25, 0.3) is 22.1 Å². The highest BCUT2D eigenvalue weighted by Crippen LogP contribution is 2.26. The van der Waals surface area contributed by atoms with E-state index in [0.29, 0.717) is 11.7 Å². The summed E-state index contributed by atoms with van der Waals surface area (Å²) < 4.78 is 7.64. The van der Waals surface area contributed by atoms with E-state index in [2.05, 4.69) is 38.1 Å². The minimum Gasteiger partial charge on any atom is -0.376 e. The maximum atomic E-state index is 12.0. The zero-order valence-corrected chi connectivity index (χ0v) is 15.5. The SMILES string of the molecule is CCn1c2ccccc2c2nnc(SCC(=O)NCC3CCCO3)nc21. The van der Waals surface area contributed by atoms with Crippen LogP contribution in [0.15, 0.2) is 29.4 Å². The Bertz CT molecular complexity index is 936.